The molecule has 0 bridgehead atoms. The van der Waals surface area contributed by atoms with E-state index in [4.69, 9.17) is 20.8 Å². The molecule has 150 valence electrons. The second-order valence-corrected chi connectivity index (χ2v) is 6.43. The fraction of sp³-hybridized carbons (Fsp3) is 0.250. The molecular weight excluding hydrogens is 375 g/mol. The van der Waals surface area contributed by atoms with Crippen molar-refractivity contribution in [1.29, 1.82) is 10.8 Å². The minimum atomic E-state index is -0.653. The Morgan fingerprint density at radius 2 is 2.14 bits per heavy atom. The molecule has 3 rings (SSSR count). The minimum absolute atomic E-state index is 0.0162. The summed E-state index contributed by atoms with van der Waals surface area (Å²) in [6.07, 6.45) is 1.60. The van der Waals surface area contributed by atoms with E-state index in [1.165, 1.54) is 12.1 Å². The monoisotopic (exact) mass is 396 g/mol. The van der Waals surface area contributed by atoms with Crippen LogP contribution in [0, 0.1) is 16.6 Å². The number of hydrogen-bond acceptors (Lipinski definition) is 7. The van der Waals surface area contributed by atoms with E-state index in [1.807, 2.05) is 6.07 Å². The van der Waals surface area contributed by atoms with Gasteiger partial charge in [-0.1, -0.05) is 18.1 Å². The van der Waals surface area contributed by atoms with Crippen molar-refractivity contribution in [1.82, 2.24) is 14.8 Å². The number of aliphatic hydroxyl groups is 1. The van der Waals surface area contributed by atoms with E-state index >= 15 is 0 Å². The van der Waals surface area contributed by atoms with Crippen LogP contribution in [0.4, 0.5) is 4.39 Å². The van der Waals surface area contributed by atoms with Gasteiger partial charge in [0.1, 0.15) is 35.2 Å². The summed E-state index contributed by atoms with van der Waals surface area (Å²) in [5.41, 5.74) is 1.68. The van der Waals surface area contributed by atoms with E-state index in [0.29, 0.717) is 22.5 Å². The molecule has 3 N–H and O–H groups in total. The number of halogens is 1. The van der Waals surface area contributed by atoms with Crippen molar-refractivity contribution in [2.45, 2.75) is 19.8 Å². The number of hydrogen-bond donors (Lipinski definition) is 3. The lowest BCUT2D eigenvalue weighted by atomic mass is 9.97. The molecule has 29 heavy (non-hydrogen) atoms. The number of nitrogens with one attached hydrogen (secondary N) is 2. The van der Waals surface area contributed by atoms with Gasteiger partial charge in [-0.3, -0.25) is 15.8 Å². The third kappa shape index (κ3) is 4.35. The van der Waals surface area contributed by atoms with Gasteiger partial charge in [-0.15, -0.1) is 0 Å². The van der Waals surface area contributed by atoms with E-state index in [9.17, 15) is 4.39 Å². The van der Waals surface area contributed by atoms with Crippen LogP contribution in [0.15, 0.2) is 47.8 Å². The number of oxime groups is 1. The number of rotatable bonds is 6. The Balaban J connectivity index is 1.96. The van der Waals surface area contributed by atoms with Crippen LogP contribution < -0.4 is 5.49 Å². The quantitative estimate of drug-likeness (QED) is 0.256. The first kappa shape index (κ1) is 20.3. The maximum absolute atomic E-state index is 14.7. The summed E-state index contributed by atoms with van der Waals surface area (Å²) < 4.78 is 15.8. The Morgan fingerprint density at radius 3 is 2.90 bits per heavy atom. The van der Waals surface area contributed by atoms with Gasteiger partial charge in [0.05, 0.1) is 12.1 Å². The molecule has 0 fully saturated rings. The van der Waals surface area contributed by atoms with E-state index < -0.39 is 11.7 Å². The highest BCUT2D eigenvalue weighted by atomic mass is 19.1. The first-order chi connectivity index (χ1) is 13.9. The lowest BCUT2D eigenvalue weighted by molar-refractivity contribution is 0.0986. The van der Waals surface area contributed by atoms with E-state index in [1.54, 1.807) is 38.2 Å². The summed E-state index contributed by atoms with van der Waals surface area (Å²) in [6.45, 7) is 3.24. The predicted octanol–water partition coefficient (Wildman–Crippen LogP) is 2.41. The topological polar surface area (TPSA) is 120 Å². The molecule has 1 unspecified atom stereocenters. The lowest BCUT2D eigenvalue weighted by Crippen LogP contribution is -2.33. The number of nitrogens with zero attached hydrogens (tertiary/aromatic N) is 4. The summed E-state index contributed by atoms with van der Waals surface area (Å²) in [7, 11) is 0. The molecule has 0 radical (unpaired) electrons. The van der Waals surface area contributed by atoms with Crippen LogP contribution in [0.1, 0.15) is 31.0 Å². The smallest absolute Gasteiger partial charge is 0.148 e. The molecule has 3 aromatic rings. The van der Waals surface area contributed by atoms with Crippen LogP contribution in [0.5, 0.6) is 0 Å². The fourth-order valence-corrected chi connectivity index (χ4v) is 2.81. The van der Waals surface area contributed by atoms with Crippen LogP contribution in [-0.2, 0) is 4.84 Å². The van der Waals surface area contributed by atoms with Crippen molar-refractivity contribution in [2.24, 2.45) is 5.16 Å². The maximum atomic E-state index is 14.7. The zero-order chi connectivity index (χ0) is 21.0. The van der Waals surface area contributed by atoms with E-state index in [2.05, 4.69) is 15.2 Å². The summed E-state index contributed by atoms with van der Waals surface area (Å²) >= 11 is 0. The molecular formula is C20H21FN6O2. The van der Waals surface area contributed by atoms with Crippen molar-refractivity contribution in [3.63, 3.8) is 0 Å². The maximum Gasteiger partial charge on any atom is 0.148 e. The normalized spacial score (nSPS) is 12.8. The zero-order valence-corrected chi connectivity index (χ0v) is 16.1. The van der Waals surface area contributed by atoms with Crippen molar-refractivity contribution >= 4 is 22.5 Å². The van der Waals surface area contributed by atoms with Gasteiger partial charge in [0.15, 0.2) is 0 Å². The summed E-state index contributed by atoms with van der Waals surface area (Å²) in [5, 5.41) is 34.3. The Hall–Kier alpha value is -3.46. The van der Waals surface area contributed by atoms with Crippen molar-refractivity contribution in [3.05, 3.63) is 65.2 Å². The highest BCUT2D eigenvalue weighted by Gasteiger charge is 2.20. The number of aliphatic hydroxyl groups excluding tert-OH is 1. The molecule has 0 spiro atoms. The average Bonchev–Trinajstić information content (AvgIpc) is 2.72. The summed E-state index contributed by atoms with van der Waals surface area (Å²) in [5.74, 6) is -1.17. The third-order valence-electron chi connectivity index (χ3n) is 4.42. The van der Waals surface area contributed by atoms with E-state index in [-0.39, 0.29) is 24.5 Å². The van der Waals surface area contributed by atoms with Gasteiger partial charge < -0.3 is 9.94 Å². The zero-order valence-electron chi connectivity index (χ0n) is 16.1. The van der Waals surface area contributed by atoms with Crippen LogP contribution in [0.25, 0.3) is 10.9 Å². The second-order valence-electron chi connectivity index (χ2n) is 6.43. The van der Waals surface area contributed by atoms with Crippen molar-refractivity contribution in [3.8, 4) is 0 Å². The predicted molar refractivity (Wildman–Crippen MR) is 107 cm³/mol. The van der Waals surface area contributed by atoms with Crippen molar-refractivity contribution in [2.75, 3.05) is 13.2 Å². The largest absolute Gasteiger partial charge is 0.393 e. The first-order valence-corrected chi connectivity index (χ1v) is 8.98. The number of benzene rings is 1. The van der Waals surface area contributed by atoms with E-state index in [0.717, 1.165) is 10.1 Å². The minimum Gasteiger partial charge on any atom is -0.393 e. The highest BCUT2D eigenvalue weighted by Crippen LogP contribution is 2.25. The number of fused-ring (bicyclic) bond motifs is 1. The molecule has 8 nitrogen and oxygen atoms in total. The Bertz CT molecular complexity index is 1140. The van der Waals surface area contributed by atoms with Gasteiger partial charge in [-0.05, 0) is 36.8 Å². The SMILES string of the molecule is CC(=NOCCO)c1ccc(=N)n(C(=N)C(C)c2cc3cccnc3cc2F)n1. The lowest BCUT2D eigenvalue weighted by Gasteiger charge is -2.17. The van der Waals surface area contributed by atoms with Gasteiger partial charge in [0.2, 0.25) is 0 Å². The van der Waals surface area contributed by atoms with Crippen LogP contribution in [0.2, 0.25) is 0 Å². The summed E-state index contributed by atoms with van der Waals surface area (Å²) in [6, 6.07) is 9.67. The van der Waals surface area contributed by atoms with Gasteiger partial charge in [-0.25, -0.2) is 9.07 Å². The van der Waals surface area contributed by atoms with Gasteiger partial charge in [0.25, 0.3) is 0 Å². The number of pyridine rings is 1. The van der Waals surface area contributed by atoms with Gasteiger partial charge >= 0.3 is 0 Å². The Morgan fingerprint density at radius 1 is 1.34 bits per heavy atom. The first-order valence-electron chi connectivity index (χ1n) is 8.98. The average molecular weight is 396 g/mol. The standard InChI is InChI=1S/C20H21FN6O2/c1-12(15-10-14-4-3-7-24-18(14)11-16(15)21)20(23)27-19(22)6-5-17(25-27)13(2)26-29-9-8-28/h3-7,10-12,22-23,28H,8-9H2,1-2H3. The third-order valence-corrected chi connectivity index (χ3v) is 4.42. The molecule has 0 aliphatic heterocycles. The molecule has 0 amide bonds. The second kappa shape index (κ2) is 8.70. The van der Waals surface area contributed by atoms with Crippen LogP contribution in [0.3, 0.4) is 0 Å². The molecule has 0 saturated carbocycles. The van der Waals surface area contributed by atoms with Crippen LogP contribution >= 0.6 is 0 Å². The fourth-order valence-electron chi connectivity index (χ4n) is 2.81. The Labute approximate surface area is 166 Å². The molecule has 1 aromatic carbocycles. The summed E-state index contributed by atoms with van der Waals surface area (Å²) in [4.78, 5) is 9.07. The van der Waals surface area contributed by atoms with Crippen LogP contribution in [-0.4, -0.2) is 44.6 Å². The van der Waals surface area contributed by atoms with Gasteiger partial charge in [0, 0.05) is 23.6 Å². The molecule has 9 heteroatoms. The van der Waals surface area contributed by atoms with Gasteiger partial charge in [-0.2, -0.15) is 5.10 Å². The Kier molecular flexibility index (Phi) is 6.08. The molecule has 0 aliphatic rings. The molecule has 0 saturated heterocycles. The highest BCUT2D eigenvalue weighted by molar-refractivity contribution is 5.97. The molecule has 2 heterocycles. The molecule has 0 aliphatic carbocycles. The van der Waals surface area contributed by atoms with Crippen molar-refractivity contribution < 1.29 is 14.3 Å². The molecule has 2 aromatic heterocycles. The molecule has 1 atom stereocenters. The number of aromatic nitrogens is 3.